The summed E-state index contributed by atoms with van der Waals surface area (Å²) >= 11 is 1.46. The van der Waals surface area contributed by atoms with Gasteiger partial charge in [0.25, 0.3) is 0 Å². The van der Waals surface area contributed by atoms with E-state index in [0.29, 0.717) is 16.7 Å². The van der Waals surface area contributed by atoms with Gasteiger partial charge in [-0.3, -0.25) is 4.79 Å². The zero-order chi connectivity index (χ0) is 15.2. The van der Waals surface area contributed by atoms with Crippen molar-refractivity contribution in [1.82, 2.24) is 0 Å². The predicted molar refractivity (Wildman–Crippen MR) is 77.8 cm³/mol. The van der Waals surface area contributed by atoms with Crippen LogP contribution in [-0.2, 0) is 11.2 Å². The minimum absolute atomic E-state index is 0.162. The van der Waals surface area contributed by atoms with E-state index in [2.05, 4.69) is 6.07 Å². The Labute approximate surface area is 126 Å². The lowest BCUT2D eigenvalue weighted by Gasteiger charge is -2.05. The zero-order valence-corrected chi connectivity index (χ0v) is 11.7. The average Bonchev–Trinajstić information content (AvgIpc) is 2.49. The van der Waals surface area contributed by atoms with Crippen LogP contribution in [-0.4, -0.2) is 11.1 Å². The van der Waals surface area contributed by atoms with Crippen LogP contribution in [0.3, 0.4) is 0 Å². The number of benzene rings is 2. The zero-order valence-electron chi connectivity index (χ0n) is 10.9. The molecule has 2 rings (SSSR count). The topological polar surface area (TPSA) is 84.9 Å². The molecule has 5 heteroatoms. The standard InChI is InChI=1S/C16H10N2O2S/c17-9-11-1-4-14(5-2-11)21-15-6-3-12(8-16(19)20)13(7-15)10-18/h1-7H,8H2,(H,19,20). The molecule has 2 aromatic carbocycles. The van der Waals surface area contributed by atoms with Crippen LogP contribution in [0.25, 0.3) is 0 Å². The number of hydrogen-bond acceptors (Lipinski definition) is 4. The van der Waals surface area contributed by atoms with Crippen LogP contribution in [0.1, 0.15) is 16.7 Å². The summed E-state index contributed by atoms with van der Waals surface area (Å²) in [6.45, 7) is 0. The first-order chi connectivity index (χ1) is 10.1. The molecule has 21 heavy (non-hydrogen) atoms. The first kappa shape index (κ1) is 14.6. The minimum atomic E-state index is -0.959. The lowest BCUT2D eigenvalue weighted by atomic mass is 10.1. The maximum atomic E-state index is 10.7. The summed E-state index contributed by atoms with van der Waals surface area (Å²) in [6, 6.07) is 16.3. The first-order valence-corrected chi connectivity index (χ1v) is 6.87. The van der Waals surface area contributed by atoms with E-state index in [1.165, 1.54) is 11.8 Å². The van der Waals surface area contributed by atoms with E-state index in [0.717, 1.165) is 9.79 Å². The highest BCUT2D eigenvalue weighted by Crippen LogP contribution is 2.29. The van der Waals surface area contributed by atoms with Crippen molar-refractivity contribution in [3.8, 4) is 12.1 Å². The molecule has 0 aliphatic rings. The van der Waals surface area contributed by atoms with E-state index < -0.39 is 5.97 Å². The molecule has 0 fully saturated rings. The number of hydrogen-bond donors (Lipinski definition) is 1. The van der Waals surface area contributed by atoms with Crippen LogP contribution in [0, 0.1) is 22.7 Å². The number of nitrogens with zero attached hydrogens (tertiary/aromatic N) is 2. The van der Waals surface area contributed by atoms with E-state index in [1.54, 1.807) is 30.3 Å². The molecule has 102 valence electrons. The Morgan fingerprint density at radius 3 is 2.29 bits per heavy atom. The Balaban J connectivity index is 2.23. The van der Waals surface area contributed by atoms with Gasteiger partial charge in [0.15, 0.2) is 0 Å². The summed E-state index contributed by atoms with van der Waals surface area (Å²) in [5, 5.41) is 26.6. The lowest BCUT2D eigenvalue weighted by molar-refractivity contribution is -0.136. The van der Waals surface area contributed by atoms with Gasteiger partial charge in [-0.05, 0) is 42.0 Å². The summed E-state index contributed by atoms with van der Waals surface area (Å²) in [5.74, 6) is -0.959. The third-order valence-corrected chi connectivity index (χ3v) is 3.76. The van der Waals surface area contributed by atoms with Gasteiger partial charge in [0, 0.05) is 9.79 Å². The van der Waals surface area contributed by atoms with Crippen molar-refractivity contribution >= 4 is 17.7 Å². The van der Waals surface area contributed by atoms with E-state index in [1.807, 2.05) is 18.2 Å². The van der Waals surface area contributed by atoms with Crippen molar-refractivity contribution in [2.75, 3.05) is 0 Å². The van der Waals surface area contributed by atoms with Crippen molar-refractivity contribution in [3.05, 3.63) is 59.2 Å². The van der Waals surface area contributed by atoms with Crippen molar-refractivity contribution < 1.29 is 9.90 Å². The van der Waals surface area contributed by atoms with Crippen molar-refractivity contribution in [3.63, 3.8) is 0 Å². The fourth-order valence-electron chi connectivity index (χ4n) is 1.77. The fraction of sp³-hybridized carbons (Fsp3) is 0.0625. The molecule has 2 aromatic rings. The van der Waals surface area contributed by atoms with E-state index in [9.17, 15) is 4.79 Å². The maximum absolute atomic E-state index is 10.7. The summed E-state index contributed by atoms with van der Waals surface area (Å²) in [7, 11) is 0. The lowest BCUT2D eigenvalue weighted by Crippen LogP contribution is -2.02. The Bertz CT molecular complexity index is 755. The van der Waals surface area contributed by atoms with Gasteiger partial charge in [-0.25, -0.2) is 0 Å². The van der Waals surface area contributed by atoms with Gasteiger partial charge < -0.3 is 5.11 Å². The normalized spacial score (nSPS) is 9.62. The number of rotatable bonds is 4. The molecule has 0 heterocycles. The molecule has 0 atom stereocenters. The van der Waals surface area contributed by atoms with Crippen LogP contribution >= 0.6 is 11.8 Å². The monoisotopic (exact) mass is 294 g/mol. The highest BCUT2D eigenvalue weighted by molar-refractivity contribution is 7.99. The molecular formula is C16H10N2O2S. The molecule has 0 unspecified atom stereocenters. The first-order valence-electron chi connectivity index (χ1n) is 6.05. The summed E-state index contributed by atoms with van der Waals surface area (Å²) in [4.78, 5) is 12.5. The molecule has 4 nitrogen and oxygen atoms in total. The van der Waals surface area contributed by atoms with Gasteiger partial charge in [-0.15, -0.1) is 0 Å². The predicted octanol–water partition coefficient (Wildman–Crippen LogP) is 3.21. The number of carbonyl (C=O) groups is 1. The summed E-state index contributed by atoms with van der Waals surface area (Å²) in [5.41, 5.74) is 1.47. The quantitative estimate of drug-likeness (QED) is 0.935. The van der Waals surface area contributed by atoms with Crippen LogP contribution in [0.4, 0.5) is 0 Å². The van der Waals surface area contributed by atoms with Gasteiger partial charge in [0.2, 0.25) is 0 Å². The highest BCUT2D eigenvalue weighted by atomic mass is 32.2. The second kappa shape index (κ2) is 6.60. The summed E-state index contributed by atoms with van der Waals surface area (Å²) < 4.78 is 0. The maximum Gasteiger partial charge on any atom is 0.307 e. The minimum Gasteiger partial charge on any atom is -0.481 e. The second-order valence-corrected chi connectivity index (χ2v) is 5.39. The van der Waals surface area contributed by atoms with Crippen LogP contribution < -0.4 is 0 Å². The van der Waals surface area contributed by atoms with Gasteiger partial charge >= 0.3 is 5.97 Å². The Morgan fingerprint density at radius 2 is 1.71 bits per heavy atom. The average molecular weight is 294 g/mol. The molecule has 0 aliphatic carbocycles. The van der Waals surface area contributed by atoms with Gasteiger partial charge in [-0.1, -0.05) is 17.8 Å². The van der Waals surface area contributed by atoms with Gasteiger partial charge in [0.1, 0.15) is 0 Å². The van der Waals surface area contributed by atoms with E-state index in [4.69, 9.17) is 15.6 Å². The van der Waals surface area contributed by atoms with Gasteiger partial charge in [0.05, 0.1) is 29.7 Å². The smallest absolute Gasteiger partial charge is 0.307 e. The third-order valence-electron chi connectivity index (χ3n) is 2.76. The molecule has 0 radical (unpaired) electrons. The Hall–Kier alpha value is -2.76. The second-order valence-electron chi connectivity index (χ2n) is 4.24. The van der Waals surface area contributed by atoms with E-state index >= 15 is 0 Å². The van der Waals surface area contributed by atoms with Gasteiger partial charge in [-0.2, -0.15) is 10.5 Å². The molecule has 0 aliphatic heterocycles. The molecule has 0 bridgehead atoms. The van der Waals surface area contributed by atoms with Crippen LogP contribution in [0.2, 0.25) is 0 Å². The van der Waals surface area contributed by atoms with Crippen molar-refractivity contribution in [2.24, 2.45) is 0 Å². The molecule has 0 aromatic heterocycles. The molecular weight excluding hydrogens is 284 g/mol. The highest BCUT2D eigenvalue weighted by Gasteiger charge is 2.08. The number of carboxylic acids is 1. The molecule has 0 saturated heterocycles. The Morgan fingerprint density at radius 1 is 1.05 bits per heavy atom. The number of nitriles is 2. The number of carboxylic acid groups (broad SMARTS) is 1. The Kier molecular flexibility index (Phi) is 4.61. The molecule has 0 spiro atoms. The molecule has 1 N–H and O–H groups in total. The number of aliphatic carboxylic acids is 1. The SMILES string of the molecule is N#Cc1ccc(Sc2ccc(CC(=O)O)c(C#N)c2)cc1. The molecule has 0 saturated carbocycles. The van der Waals surface area contributed by atoms with Crippen molar-refractivity contribution in [2.45, 2.75) is 16.2 Å². The molecule has 0 amide bonds. The van der Waals surface area contributed by atoms with Crippen LogP contribution in [0.5, 0.6) is 0 Å². The van der Waals surface area contributed by atoms with E-state index in [-0.39, 0.29) is 6.42 Å². The van der Waals surface area contributed by atoms with Crippen molar-refractivity contribution in [1.29, 1.82) is 10.5 Å². The fourth-order valence-corrected chi connectivity index (χ4v) is 2.63. The van der Waals surface area contributed by atoms with Crippen LogP contribution in [0.15, 0.2) is 52.3 Å². The largest absolute Gasteiger partial charge is 0.481 e. The summed E-state index contributed by atoms with van der Waals surface area (Å²) in [6.07, 6.45) is -0.162. The third kappa shape index (κ3) is 3.85.